The number of rotatable bonds is 3. The molecule has 1 atom stereocenters. The molecule has 2 aliphatic rings. The Kier molecular flexibility index (Phi) is 3.67. The summed E-state index contributed by atoms with van der Waals surface area (Å²) < 4.78 is 41.7. The van der Waals surface area contributed by atoms with Crippen molar-refractivity contribution in [3.05, 3.63) is 28.8 Å². The van der Waals surface area contributed by atoms with Crippen molar-refractivity contribution in [1.82, 2.24) is 0 Å². The summed E-state index contributed by atoms with van der Waals surface area (Å²) in [6.07, 6.45) is -1.72. The third-order valence-electron chi connectivity index (χ3n) is 4.17. The summed E-state index contributed by atoms with van der Waals surface area (Å²) in [5.74, 6) is -0.343. The number of amides is 1. The maximum Gasteiger partial charge on any atom is 0.417 e. The van der Waals surface area contributed by atoms with Gasteiger partial charge in [0.2, 0.25) is 0 Å². The second-order valence-electron chi connectivity index (χ2n) is 5.78. The van der Waals surface area contributed by atoms with Gasteiger partial charge in [-0.05, 0) is 37.0 Å². The lowest BCUT2D eigenvalue weighted by Gasteiger charge is -2.33. The minimum Gasteiger partial charge on any atom is -0.321 e. The Morgan fingerprint density at radius 1 is 1.36 bits per heavy atom. The molecule has 1 fully saturated rings. The zero-order valence-corrected chi connectivity index (χ0v) is 12.3. The van der Waals surface area contributed by atoms with Crippen LogP contribution in [0.1, 0.15) is 31.2 Å². The second kappa shape index (κ2) is 5.26. The molecule has 1 heterocycles. The number of hydrogen-bond donors (Lipinski definition) is 1. The van der Waals surface area contributed by atoms with Crippen molar-refractivity contribution in [2.75, 3.05) is 5.32 Å². The van der Waals surface area contributed by atoms with Crippen LogP contribution in [0.5, 0.6) is 0 Å². The molecule has 0 bridgehead atoms. The molecular weight excluding hydrogens is 317 g/mol. The van der Waals surface area contributed by atoms with Gasteiger partial charge in [-0.15, -0.1) is 0 Å². The molecule has 0 radical (unpaired) electrons. The van der Waals surface area contributed by atoms with Gasteiger partial charge >= 0.3 is 6.18 Å². The van der Waals surface area contributed by atoms with E-state index in [0.29, 0.717) is 12.3 Å². The Bertz CT molecular complexity index is 640. The number of carbonyl (C=O) groups is 1. The molecule has 1 aromatic carbocycles. The normalized spacial score (nSPS) is 24.6. The van der Waals surface area contributed by atoms with Crippen molar-refractivity contribution in [2.45, 2.75) is 37.4 Å². The molecule has 7 heteroatoms. The number of hydrogen-bond acceptors (Lipinski definition) is 2. The van der Waals surface area contributed by atoms with E-state index in [1.54, 1.807) is 0 Å². The van der Waals surface area contributed by atoms with Crippen LogP contribution in [-0.4, -0.2) is 18.3 Å². The molecule has 3 rings (SSSR count). The Balaban J connectivity index is 2.14. The Hall–Kier alpha value is -1.56. The lowest BCUT2D eigenvalue weighted by molar-refractivity contribution is -0.190. The van der Waals surface area contributed by atoms with E-state index in [9.17, 15) is 18.0 Å². The first-order chi connectivity index (χ1) is 10.3. The van der Waals surface area contributed by atoms with Crippen LogP contribution in [0.25, 0.3) is 0 Å². The van der Waals surface area contributed by atoms with Crippen LogP contribution in [0.4, 0.5) is 18.9 Å². The van der Waals surface area contributed by atoms with E-state index >= 15 is 0 Å². The molecular formula is C15H14ClF3N2O. The van der Waals surface area contributed by atoms with Gasteiger partial charge in [-0.1, -0.05) is 24.4 Å². The van der Waals surface area contributed by atoms with Gasteiger partial charge < -0.3 is 5.32 Å². The average molecular weight is 331 g/mol. The number of carbonyl (C=O) groups excluding carboxylic acids is 1. The van der Waals surface area contributed by atoms with E-state index in [0.717, 1.165) is 19.1 Å². The van der Waals surface area contributed by atoms with Gasteiger partial charge in [-0.3, -0.25) is 9.79 Å². The topological polar surface area (TPSA) is 41.5 Å². The summed E-state index contributed by atoms with van der Waals surface area (Å²) in [4.78, 5) is 15.3. The molecule has 22 heavy (non-hydrogen) atoms. The number of nitrogens with zero attached hydrogens (tertiary/aromatic N) is 1. The maximum atomic E-state index is 13.9. The summed E-state index contributed by atoms with van der Waals surface area (Å²) in [6, 6.07) is 4.09. The first-order valence-electron chi connectivity index (χ1n) is 7.05. The van der Waals surface area contributed by atoms with Gasteiger partial charge in [0.1, 0.15) is 0 Å². The molecule has 1 N–H and O–H groups in total. The van der Waals surface area contributed by atoms with Gasteiger partial charge in [0, 0.05) is 16.3 Å². The van der Waals surface area contributed by atoms with E-state index < -0.39 is 17.6 Å². The molecule has 3 nitrogen and oxygen atoms in total. The van der Waals surface area contributed by atoms with E-state index in [-0.39, 0.29) is 22.7 Å². The first kappa shape index (κ1) is 15.3. The van der Waals surface area contributed by atoms with E-state index in [4.69, 9.17) is 11.6 Å². The summed E-state index contributed by atoms with van der Waals surface area (Å²) in [6.45, 7) is 0. The number of halogens is 4. The molecule has 1 saturated carbocycles. The largest absolute Gasteiger partial charge is 0.417 e. The van der Waals surface area contributed by atoms with E-state index in [1.165, 1.54) is 18.2 Å². The quantitative estimate of drug-likeness (QED) is 0.881. The summed E-state index contributed by atoms with van der Waals surface area (Å²) >= 11 is 5.89. The van der Waals surface area contributed by atoms with Crippen LogP contribution in [0, 0.1) is 5.92 Å². The van der Waals surface area contributed by atoms with Crippen molar-refractivity contribution in [3.8, 4) is 0 Å². The maximum absolute atomic E-state index is 13.9. The molecule has 118 valence electrons. The predicted molar refractivity (Wildman–Crippen MR) is 78.3 cm³/mol. The zero-order valence-electron chi connectivity index (χ0n) is 11.6. The van der Waals surface area contributed by atoms with E-state index in [2.05, 4.69) is 10.3 Å². The van der Waals surface area contributed by atoms with Crippen LogP contribution in [0.3, 0.4) is 0 Å². The van der Waals surface area contributed by atoms with Gasteiger partial charge in [-0.25, -0.2) is 0 Å². The average Bonchev–Trinajstić information content (AvgIpc) is 3.24. The smallest absolute Gasteiger partial charge is 0.321 e. The number of benzene rings is 1. The fraction of sp³-hybridized carbons (Fsp3) is 0.467. The Labute approximate surface area is 130 Å². The number of aliphatic imine (C=N–C) groups is 1. The van der Waals surface area contributed by atoms with Crippen LogP contribution in [0.15, 0.2) is 23.2 Å². The van der Waals surface area contributed by atoms with Gasteiger partial charge in [0.05, 0.1) is 6.21 Å². The zero-order chi connectivity index (χ0) is 16.0. The third kappa shape index (κ3) is 2.72. The van der Waals surface area contributed by atoms with Gasteiger partial charge in [0.25, 0.3) is 5.91 Å². The lowest BCUT2D eigenvalue weighted by Crippen LogP contribution is -2.41. The highest BCUT2D eigenvalue weighted by Crippen LogP contribution is 2.51. The number of fused-ring (bicyclic) bond motifs is 1. The minimum atomic E-state index is -4.61. The van der Waals surface area contributed by atoms with Crippen LogP contribution >= 0.6 is 11.6 Å². The molecule has 1 aliphatic carbocycles. The highest BCUT2D eigenvalue weighted by Gasteiger charge is 2.57. The Morgan fingerprint density at radius 3 is 2.73 bits per heavy atom. The van der Waals surface area contributed by atoms with Gasteiger partial charge in [-0.2, -0.15) is 13.2 Å². The fourth-order valence-corrected chi connectivity index (χ4v) is 2.93. The summed E-state index contributed by atoms with van der Waals surface area (Å²) in [7, 11) is 0. The van der Waals surface area contributed by atoms with Crippen molar-refractivity contribution >= 4 is 29.4 Å². The molecule has 1 amide bonds. The first-order valence-corrected chi connectivity index (χ1v) is 7.42. The van der Waals surface area contributed by atoms with Crippen molar-refractivity contribution in [2.24, 2.45) is 10.9 Å². The SMILES string of the molecule is O=C1C=NC(CCC2CC2)(C(F)(F)F)c2cc(Cl)ccc2N1. The number of alkyl halides is 3. The minimum absolute atomic E-state index is 0.0877. The lowest BCUT2D eigenvalue weighted by atomic mass is 9.83. The highest BCUT2D eigenvalue weighted by atomic mass is 35.5. The molecule has 0 aromatic heterocycles. The predicted octanol–water partition coefficient (Wildman–Crippen LogP) is 4.31. The molecule has 1 unspecified atom stereocenters. The standard InChI is InChI=1S/C15H14ClF3N2O/c16-10-3-4-12-11(7-10)14(15(17,18)19,6-5-9-1-2-9)20-8-13(22)21-12/h3-4,7-9H,1-2,5-6H2,(H,21,22). The molecule has 0 saturated heterocycles. The number of anilines is 1. The highest BCUT2D eigenvalue weighted by molar-refractivity contribution is 6.33. The van der Waals surface area contributed by atoms with E-state index in [1.807, 2.05) is 0 Å². The second-order valence-corrected chi connectivity index (χ2v) is 6.21. The van der Waals surface area contributed by atoms with Gasteiger partial charge in [0.15, 0.2) is 5.54 Å². The van der Waals surface area contributed by atoms with Crippen LogP contribution in [-0.2, 0) is 10.3 Å². The van der Waals surface area contributed by atoms with Crippen LogP contribution < -0.4 is 5.32 Å². The fourth-order valence-electron chi connectivity index (χ4n) is 2.76. The molecule has 1 aromatic rings. The van der Waals surface area contributed by atoms with Crippen molar-refractivity contribution in [3.63, 3.8) is 0 Å². The molecule has 0 spiro atoms. The summed E-state index contributed by atoms with van der Waals surface area (Å²) in [5, 5.41) is 2.62. The number of nitrogens with one attached hydrogen (secondary N) is 1. The monoisotopic (exact) mass is 330 g/mol. The summed E-state index contributed by atoms with van der Waals surface area (Å²) in [5.41, 5.74) is -2.40. The Morgan fingerprint density at radius 2 is 2.09 bits per heavy atom. The molecule has 1 aliphatic heterocycles. The van der Waals surface area contributed by atoms with Crippen LogP contribution in [0.2, 0.25) is 5.02 Å². The van der Waals surface area contributed by atoms with Crippen molar-refractivity contribution < 1.29 is 18.0 Å². The van der Waals surface area contributed by atoms with Crippen molar-refractivity contribution in [1.29, 1.82) is 0 Å². The third-order valence-corrected chi connectivity index (χ3v) is 4.40.